The van der Waals surface area contributed by atoms with Crippen LogP contribution in [0.25, 0.3) is 0 Å². The van der Waals surface area contributed by atoms with E-state index in [9.17, 15) is 9.59 Å². The number of benzene rings is 2. The van der Waals surface area contributed by atoms with Crippen molar-refractivity contribution in [3.05, 3.63) is 72.6 Å². The molecule has 2 fully saturated rings. The summed E-state index contributed by atoms with van der Waals surface area (Å²) in [7, 11) is 0. The molecule has 34 heavy (non-hydrogen) atoms. The molecule has 6 rings (SSSR count). The van der Waals surface area contributed by atoms with Gasteiger partial charge in [0.05, 0.1) is 5.03 Å². The molecule has 1 aliphatic heterocycles. The highest BCUT2D eigenvalue weighted by Crippen LogP contribution is 2.64. The maximum absolute atomic E-state index is 12.6. The van der Waals surface area contributed by atoms with E-state index >= 15 is 0 Å². The summed E-state index contributed by atoms with van der Waals surface area (Å²) in [6.07, 6.45) is 3.75. The van der Waals surface area contributed by atoms with Gasteiger partial charge in [-0.05, 0) is 79.5 Å². The number of aromatic amines is 1. The van der Waals surface area contributed by atoms with E-state index in [0.29, 0.717) is 44.5 Å². The monoisotopic (exact) mass is 532 g/mol. The molecule has 2 saturated carbocycles. The highest BCUT2D eigenvalue weighted by atomic mass is 35.5. The van der Waals surface area contributed by atoms with Crippen molar-refractivity contribution >= 4 is 57.9 Å². The van der Waals surface area contributed by atoms with Gasteiger partial charge in [-0.1, -0.05) is 34.5 Å². The predicted octanol–water partition coefficient (Wildman–Crippen LogP) is 6.41. The van der Waals surface area contributed by atoms with Gasteiger partial charge in [0, 0.05) is 37.3 Å². The van der Waals surface area contributed by atoms with Crippen LogP contribution in [0.4, 0.5) is 5.69 Å². The van der Waals surface area contributed by atoms with Gasteiger partial charge in [0.25, 0.3) is 5.91 Å². The second-order valence-corrected chi connectivity index (χ2v) is 12.3. The maximum Gasteiger partial charge on any atom is 0.305 e. The minimum atomic E-state index is -0.257. The SMILES string of the molecule is O=C(COc1ccc(Cl)cc1[C@H]1c2sc(=O)[nH]c2S[C@H]2[C@@H]3CC[C@H](C3)[C@H]12)Nc1ccc(Cl)cc1. The van der Waals surface area contributed by atoms with E-state index in [1.54, 1.807) is 30.3 Å². The maximum atomic E-state index is 12.6. The summed E-state index contributed by atoms with van der Waals surface area (Å²) in [4.78, 5) is 29.0. The van der Waals surface area contributed by atoms with E-state index in [2.05, 4.69) is 10.3 Å². The van der Waals surface area contributed by atoms with Gasteiger partial charge in [-0.25, -0.2) is 0 Å². The van der Waals surface area contributed by atoms with Crippen LogP contribution < -0.4 is 14.9 Å². The molecule has 2 aliphatic carbocycles. The van der Waals surface area contributed by atoms with Crippen molar-refractivity contribution in [2.45, 2.75) is 35.5 Å². The fourth-order valence-electron chi connectivity index (χ4n) is 5.96. The molecule has 3 aliphatic rings. The summed E-state index contributed by atoms with van der Waals surface area (Å²) in [6.45, 7) is -0.130. The number of carbonyl (C=O) groups is 1. The highest BCUT2D eigenvalue weighted by Gasteiger charge is 2.55. The summed E-state index contributed by atoms with van der Waals surface area (Å²) >= 11 is 15.5. The van der Waals surface area contributed by atoms with Crippen LogP contribution in [0.1, 0.15) is 35.6 Å². The number of thiazole rings is 1. The van der Waals surface area contributed by atoms with Crippen molar-refractivity contribution in [3.8, 4) is 5.75 Å². The van der Waals surface area contributed by atoms with E-state index in [0.717, 1.165) is 15.5 Å². The first-order valence-corrected chi connectivity index (χ1v) is 13.8. The van der Waals surface area contributed by atoms with Crippen molar-refractivity contribution in [3.63, 3.8) is 0 Å². The largest absolute Gasteiger partial charge is 0.483 e. The topological polar surface area (TPSA) is 71.2 Å². The van der Waals surface area contributed by atoms with E-state index < -0.39 is 0 Å². The van der Waals surface area contributed by atoms with Gasteiger partial charge in [0.2, 0.25) is 0 Å². The Kier molecular flexibility index (Phi) is 5.92. The molecule has 5 atom stereocenters. The number of nitrogens with one attached hydrogen (secondary N) is 2. The number of rotatable bonds is 5. The van der Waals surface area contributed by atoms with Crippen LogP contribution in [0.3, 0.4) is 0 Å². The number of halogens is 2. The molecular weight excluding hydrogens is 511 g/mol. The van der Waals surface area contributed by atoms with Gasteiger partial charge < -0.3 is 15.0 Å². The van der Waals surface area contributed by atoms with Crippen molar-refractivity contribution in [1.82, 2.24) is 4.98 Å². The number of hydrogen-bond donors (Lipinski definition) is 2. The lowest BCUT2D eigenvalue weighted by atomic mass is 9.74. The van der Waals surface area contributed by atoms with Crippen LogP contribution in [-0.4, -0.2) is 22.7 Å². The quantitative estimate of drug-likeness (QED) is 0.398. The first-order valence-electron chi connectivity index (χ1n) is 11.3. The smallest absolute Gasteiger partial charge is 0.305 e. The lowest BCUT2D eigenvalue weighted by Gasteiger charge is -2.40. The van der Waals surface area contributed by atoms with E-state index in [1.807, 2.05) is 23.9 Å². The Morgan fingerprint density at radius 2 is 1.85 bits per heavy atom. The van der Waals surface area contributed by atoms with Crippen LogP contribution in [0.5, 0.6) is 5.75 Å². The molecule has 9 heteroatoms. The summed E-state index contributed by atoms with van der Waals surface area (Å²) < 4.78 is 6.07. The highest BCUT2D eigenvalue weighted by molar-refractivity contribution is 8.00. The summed E-state index contributed by atoms with van der Waals surface area (Å²) in [5.74, 6) is 2.18. The third-order valence-corrected chi connectivity index (χ3v) is 10.4. The number of aromatic nitrogens is 1. The van der Waals surface area contributed by atoms with E-state index in [4.69, 9.17) is 27.9 Å². The molecule has 2 N–H and O–H groups in total. The summed E-state index contributed by atoms with van der Waals surface area (Å²) in [5, 5.41) is 5.53. The number of carbonyl (C=O) groups excluding carboxylic acids is 1. The van der Waals surface area contributed by atoms with E-state index in [1.165, 1.54) is 30.6 Å². The Labute approximate surface area is 215 Å². The number of thioether (sulfide) groups is 1. The minimum absolute atomic E-state index is 0.0262. The zero-order valence-electron chi connectivity index (χ0n) is 18.1. The average molecular weight is 534 g/mol. The third kappa shape index (κ3) is 4.06. The molecule has 0 saturated heterocycles. The summed E-state index contributed by atoms with van der Waals surface area (Å²) in [5.41, 5.74) is 1.62. The number of H-pyrrole nitrogens is 1. The fourth-order valence-corrected chi connectivity index (χ4v) is 9.16. The normalized spacial score (nSPS) is 26.7. The molecule has 2 bridgehead atoms. The molecule has 176 valence electrons. The van der Waals surface area contributed by atoms with Crippen LogP contribution in [0.15, 0.2) is 52.3 Å². The molecule has 2 heterocycles. The Hall–Kier alpha value is -1.93. The zero-order valence-corrected chi connectivity index (χ0v) is 21.2. The average Bonchev–Trinajstić information content (AvgIpc) is 3.52. The Balaban J connectivity index is 1.30. The predicted molar refractivity (Wildman–Crippen MR) is 138 cm³/mol. The van der Waals surface area contributed by atoms with Crippen molar-refractivity contribution in [1.29, 1.82) is 0 Å². The molecule has 0 unspecified atom stereocenters. The lowest BCUT2D eigenvalue weighted by Crippen LogP contribution is -2.34. The van der Waals surface area contributed by atoms with Gasteiger partial charge >= 0.3 is 4.87 Å². The number of ether oxygens (including phenoxy) is 1. The second kappa shape index (κ2) is 8.94. The van der Waals surface area contributed by atoms with Gasteiger partial charge in [-0.3, -0.25) is 9.59 Å². The van der Waals surface area contributed by atoms with E-state index in [-0.39, 0.29) is 23.3 Å². The molecule has 3 aromatic rings. The number of amides is 1. The van der Waals surface area contributed by atoms with Gasteiger partial charge in [0.15, 0.2) is 6.61 Å². The molecule has 0 spiro atoms. The van der Waals surface area contributed by atoms with Crippen LogP contribution in [0.2, 0.25) is 10.0 Å². The van der Waals surface area contributed by atoms with Crippen LogP contribution >= 0.6 is 46.3 Å². The molecule has 0 radical (unpaired) electrons. The standard InChI is InChI=1S/C25H22Cl2N2O3S2/c26-14-3-6-16(7-4-14)28-19(30)11-32-18-8-5-15(27)10-17(18)21-20-12-1-2-13(9-12)22(20)33-24-23(21)34-25(31)29-24/h3-8,10,12-13,20-22H,1-2,9,11H2,(H,28,30)(H,29,31)/t12-,13-,20-,21-,22+/m1/s1. The minimum Gasteiger partial charge on any atom is -0.483 e. The Morgan fingerprint density at radius 3 is 2.68 bits per heavy atom. The van der Waals surface area contributed by atoms with Gasteiger partial charge in [-0.15, -0.1) is 11.8 Å². The Morgan fingerprint density at radius 1 is 1.09 bits per heavy atom. The lowest BCUT2D eigenvalue weighted by molar-refractivity contribution is -0.118. The number of hydrogen-bond acceptors (Lipinski definition) is 5. The molecule has 2 aromatic carbocycles. The van der Waals surface area contributed by atoms with Gasteiger partial charge in [0.1, 0.15) is 5.75 Å². The van der Waals surface area contributed by atoms with Crippen molar-refractivity contribution < 1.29 is 9.53 Å². The third-order valence-electron chi connectivity index (χ3n) is 7.26. The summed E-state index contributed by atoms with van der Waals surface area (Å²) in [6, 6.07) is 12.5. The zero-order chi connectivity index (χ0) is 23.4. The molecule has 5 nitrogen and oxygen atoms in total. The number of anilines is 1. The number of fused-ring (bicyclic) bond motifs is 6. The first-order chi connectivity index (χ1) is 16.5. The molecular formula is C25H22Cl2N2O3S2. The first kappa shape index (κ1) is 22.5. The molecule has 1 aromatic heterocycles. The second-order valence-electron chi connectivity index (χ2n) is 9.20. The molecule has 1 amide bonds. The fraction of sp³-hybridized carbons (Fsp3) is 0.360. The van der Waals surface area contributed by atoms with Crippen molar-refractivity contribution in [2.75, 3.05) is 11.9 Å². The van der Waals surface area contributed by atoms with Crippen LogP contribution in [-0.2, 0) is 4.79 Å². The van der Waals surface area contributed by atoms with Crippen LogP contribution in [0, 0.1) is 17.8 Å². The Bertz CT molecular complexity index is 1310. The van der Waals surface area contributed by atoms with Crippen molar-refractivity contribution in [2.24, 2.45) is 17.8 Å². The van der Waals surface area contributed by atoms with Gasteiger partial charge in [-0.2, -0.15) is 0 Å².